The molecule has 0 aromatic heterocycles. The number of hydrogen-bond acceptors (Lipinski definition) is 2. The first-order valence-electron chi connectivity index (χ1n) is 6.38. The van der Waals surface area contributed by atoms with Gasteiger partial charge in [-0.3, -0.25) is 0 Å². The van der Waals surface area contributed by atoms with Crippen LogP contribution >= 0.6 is 0 Å². The van der Waals surface area contributed by atoms with Crippen molar-refractivity contribution in [1.29, 1.82) is 0 Å². The second kappa shape index (κ2) is 7.17. The molecule has 2 rings (SSSR count). The smallest absolute Gasteiger partial charge is 0.0870 e. The molecule has 0 spiro atoms. The van der Waals surface area contributed by atoms with E-state index in [1.54, 1.807) is 0 Å². The number of allylic oxidation sites excluding steroid dienone is 1. The van der Waals surface area contributed by atoms with Gasteiger partial charge in [-0.25, -0.2) is 0 Å². The maximum Gasteiger partial charge on any atom is 0.0870 e. The summed E-state index contributed by atoms with van der Waals surface area (Å²) in [6.07, 6.45) is 5.76. The second-order valence-electron chi connectivity index (χ2n) is 4.26. The van der Waals surface area contributed by atoms with Crippen LogP contribution in [0.2, 0.25) is 0 Å². The Hall–Kier alpha value is -2.35. The van der Waals surface area contributed by atoms with Crippen LogP contribution in [0.15, 0.2) is 71.9 Å². The van der Waals surface area contributed by atoms with E-state index in [0.717, 1.165) is 24.1 Å². The van der Waals surface area contributed by atoms with Crippen LogP contribution in [0.4, 0.5) is 0 Å². The fraction of sp³-hybridized carbons (Fsp3) is 0.118. The average molecular weight is 251 g/mol. The van der Waals surface area contributed by atoms with Gasteiger partial charge < -0.3 is 5.21 Å². The van der Waals surface area contributed by atoms with Crippen molar-refractivity contribution in [3.63, 3.8) is 0 Å². The molecule has 0 heterocycles. The van der Waals surface area contributed by atoms with E-state index in [2.05, 4.69) is 29.4 Å². The molecule has 0 fully saturated rings. The quantitative estimate of drug-likeness (QED) is 0.478. The van der Waals surface area contributed by atoms with E-state index in [1.165, 1.54) is 5.56 Å². The van der Waals surface area contributed by atoms with Gasteiger partial charge in [-0.1, -0.05) is 78.0 Å². The van der Waals surface area contributed by atoms with Crippen molar-refractivity contribution in [1.82, 2.24) is 0 Å². The highest BCUT2D eigenvalue weighted by Gasteiger charge is 2.01. The molecule has 0 aliphatic heterocycles. The SMILES string of the molecule is O/N=C(\CC/C=C/c1ccccc1)c1ccccc1. The van der Waals surface area contributed by atoms with Crippen molar-refractivity contribution < 1.29 is 5.21 Å². The fourth-order valence-corrected chi connectivity index (χ4v) is 1.89. The summed E-state index contributed by atoms with van der Waals surface area (Å²) in [7, 11) is 0. The van der Waals surface area contributed by atoms with Gasteiger partial charge >= 0.3 is 0 Å². The van der Waals surface area contributed by atoms with Crippen LogP contribution < -0.4 is 0 Å². The lowest BCUT2D eigenvalue weighted by Gasteiger charge is -2.02. The Bertz CT molecular complexity index is 544. The summed E-state index contributed by atoms with van der Waals surface area (Å²) >= 11 is 0. The van der Waals surface area contributed by atoms with Crippen LogP contribution in [0.25, 0.3) is 6.08 Å². The van der Waals surface area contributed by atoms with E-state index in [1.807, 2.05) is 48.5 Å². The van der Waals surface area contributed by atoms with Gasteiger partial charge in [0.2, 0.25) is 0 Å². The van der Waals surface area contributed by atoms with Crippen LogP contribution in [0.5, 0.6) is 0 Å². The molecule has 1 N–H and O–H groups in total. The van der Waals surface area contributed by atoms with E-state index >= 15 is 0 Å². The minimum Gasteiger partial charge on any atom is -0.411 e. The molecule has 2 aromatic carbocycles. The third-order valence-electron chi connectivity index (χ3n) is 2.89. The van der Waals surface area contributed by atoms with Gasteiger partial charge in [0.15, 0.2) is 0 Å². The van der Waals surface area contributed by atoms with Gasteiger partial charge in [0.25, 0.3) is 0 Å². The van der Waals surface area contributed by atoms with Crippen molar-refractivity contribution in [2.24, 2.45) is 5.16 Å². The average Bonchev–Trinajstić information content (AvgIpc) is 2.49. The van der Waals surface area contributed by atoms with Gasteiger partial charge in [0.1, 0.15) is 0 Å². The molecule has 2 heteroatoms. The third-order valence-corrected chi connectivity index (χ3v) is 2.89. The lowest BCUT2D eigenvalue weighted by atomic mass is 10.1. The van der Waals surface area contributed by atoms with Crippen LogP contribution in [0.1, 0.15) is 24.0 Å². The molecule has 0 saturated carbocycles. The number of hydrogen-bond donors (Lipinski definition) is 1. The van der Waals surface area contributed by atoms with E-state index in [9.17, 15) is 0 Å². The minimum atomic E-state index is 0.721. The van der Waals surface area contributed by atoms with Crippen molar-refractivity contribution in [3.05, 3.63) is 77.9 Å². The summed E-state index contributed by atoms with van der Waals surface area (Å²) in [4.78, 5) is 0. The van der Waals surface area contributed by atoms with Gasteiger partial charge in [-0.05, 0) is 24.0 Å². The third kappa shape index (κ3) is 4.11. The molecule has 0 bridgehead atoms. The van der Waals surface area contributed by atoms with Crippen molar-refractivity contribution >= 4 is 11.8 Å². The standard InChI is InChI=1S/C17H17NO/c19-18-17(16-12-5-2-6-13-16)14-8-7-11-15-9-3-1-4-10-15/h1-7,9-13,19H,8,14H2/b11-7+,18-17+. The van der Waals surface area contributed by atoms with Gasteiger partial charge in [-0.15, -0.1) is 0 Å². The first-order valence-corrected chi connectivity index (χ1v) is 6.38. The summed E-state index contributed by atoms with van der Waals surface area (Å²) in [6, 6.07) is 19.9. The van der Waals surface area contributed by atoms with Crippen LogP contribution in [-0.4, -0.2) is 10.9 Å². The van der Waals surface area contributed by atoms with E-state index < -0.39 is 0 Å². The summed E-state index contributed by atoms with van der Waals surface area (Å²) in [5.74, 6) is 0. The first-order chi connectivity index (χ1) is 9.40. The Labute approximate surface area is 113 Å². The molecule has 0 saturated heterocycles. The summed E-state index contributed by atoms with van der Waals surface area (Å²) in [5.41, 5.74) is 2.88. The van der Waals surface area contributed by atoms with Crippen LogP contribution in [-0.2, 0) is 0 Å². The molecule has 0 aliphatic rings. The van der Waals surface area contributed by atoms with Crippen molar-refractivity contribution in [2.75, 3.05) is 0 Å². The van der Waals surface area contributed by atoms with E-state index in [-0.39, 0.29) is 0 Å². The fourth-order valence-electron chi connectivity index (χ4n) is 1.89. The summed E-state index contributed by atoms with van der Waals surface area (Å²) in [5, 5.41) is 12.4. The second-order valence-corrected chi connectivity index (χ2v) is 4.26. The molecule has 0 radical (unpaired) electrons. The Morgan fingerprint density at radius 2 is 1.58 bits per heavy atom. The lowest BCUT2D eigenvalue weighted by molar-refractivity contribution is 0.318. The monoisotopic (exact) mass is 251 g/mol. The molecule has 96 valence electrons. The maximum atomic E-state index is 9.06. The molecule has 19 heavy (non-hydrogen) atoms. The van der Waals surface area contributed by atoms with Crippen molar-refractivity contribution in [2.45, 2.75) is 12.8 Å². The number of nitrogens with zero attached hydrogens (tertiary/aromatic N) is 1. The zero-order valence-corrected chi connectivity index (χ0v) is 10.7. The lowest BCUT2D eigenvalue weighted by Crippen LogP contribution is -1.99. The number of rotatable bonds is 5. The van der Waals surface area contributed by atoms with E-state index in [4.69, 9.17) is 5.21 Å². The topological polar surface area (TPSA) is 32.6 Å². The summed E-state index contributed by atoms with van der Waals surface area (Å²) < 4.78 is 0. The molecule has 0 unspecified atom stereocenters. The molecule has 0 amide bonds. The minimum absolute atomic E-state index is 0.721. The number of benzene rings is 2. The van der Waals surface area contributed by atoms with E-state index in [0.29, 0.717) is 0 Å². The Morgan fingerprint density at radius 1 is 0.947 bits per heavy atom. The summed E-state index contributed by atoms with van der Waals surface area (Å²) in [6.45, 7) is 0. The van der Waals surface area contributed by atoms with Gasteiger partial charge in [0, 0.05) is 0 Å². The molecule has 2 aromatic rings. The predicted molar refractivity (Wildman–Crippen MR) is 79.5 cm³/mol. The normalized spacial score (nSPS) is 11.9. The largest absolute Gasteiger partial charge is 0.411 e. The predicted octanol–water partition coefficient (Wildman–Crippen LogP) is 4.36. The van der Waals surface area contributed by atoms with Crippen LogP contribution in [0, 0.1) is 0 Å². The maximum absolute atomic E-state index is 9.06. The molecular formula is C17H17NO. The Kier molecular flexibility index (Phi) is 4.94. The molecular weight excluding hydrogens is 234 g/mol. The zero-order chi connectivity index (χ0) is 13.3. The molecule has 2 nitrogen and oxygen atoms in total. The highest BCUT2D eigenvalue weighted by Crippen LogP contribution is 2.08. The molecule has 0 aliphatic carbocycles. The zero-order valence-electron chi connectivity index (χ0n) is 10.7. The first kappa shape index (κ1) is 13.1. The van der Waals surface area contributed by atoms with Gasteiger partial charge in [0.05, 0.1) is 5.71 Å². The van der Waals surface area contributed by atoms with Crippen LogP contribution in [0.3, 0.4) is 0 Å². The Balaban J connectivity index is 1.90. The highest BCUT2D eigenvalue weighted by molar-refractivity contribution is 6.00. The highest BCUT2D eigenvalue weighted by atomic mass is 16.4. The molecule has 0 atom stereocenters. The van der Waals surface area contributed by atoms with Crippen molar-refractivity contribution in [3.8, 4) is 0 Å². The number of oxime groups is 1. The Morgan fingerprint density at radius 3 is 2.21 bits per heavy atom. The van der Waals surface area contributed by atoms with Gasteiger partial charge in [-0.2, -0.15) is 0 Å².